The summed E-state index contributed by atoms with van der Waals surface area (Å²) in [6.07, 6.45) is 0. The van der Waals surface area contributed by atoms with Gasteiger partial charge in [-0.15, -0.1) is 0 Å². The zero-order chi connectivity index (χ0) is 22.5. The van der Waals surface area contributed by atoms with Crippen LogP contribution in [0.3, 0.4) is 0 Å². The number of anilines is 1. The molecule has 0 aliphatic heterocycles. The number of rotatable bonds is 7. The van der Waals surface area contributed by atoms with Crippen LogP contribution in [0.2, 0.25) is 0 Å². The number of carbonyl (C=O) groups is 3. The van der Waals surface area contributed by atoms with Gasteiger partial charge in [0.1, 0.15) is 6.54 Å². The quantitative estimate of drug-likeness (QED) is 0.599. The second kappa shape index (κ2) is 9.21. The van der Waals surface area contributed by atoms with Gasteiger partial charge >= 0.3 is 0 Å². The number of fused-ring (bicyclic) bond motifs is 1. The lowest BCUT2D eigenvalue weighted by Crippen LogP contribution is -2.32. The van der Waals surface area contributed by atoms with Crippen LogP contribution in [-0.4, -0.2) is 45.5 Å². The second-order valence-electron chi connectivity index (χ2n) is 6.82. The normalized spacial score (nSPS) is 10.6. The van der Waals surface area contributed by atoms with E-state index in [2.05, 4.69) is 10.4 Å². The van der Waals surface area contributed by atoms with Gasteiger partial charge in [0, 0.05) is 29.7 Å². The maximum atomic E-state index is 12.7. The van der Waals surface area contributed by atoms with E-state index < -0.39 is 23.9 Å². The summed E-state index contributed by atoms with van der Waals surface area (Å²) < 4.78 is 0.913. The number of hydrogen-bond acceptors (Lipinski definition) is 5. The fraction of sp³-hybridized carbons (Fsp3) is 0.227. The Morgan fingerprint density at radius 2 is 1.61 bits per heavy atom. The highest BCUT2D eigenvalue weighted by molar-refractivity contribution is 6.04. The van der Waals surface area contributed by atoms with E-state index >= 15 is 0 Å². The van der Waals surface area contributed by atoms with Crippen LogP contribution in [0.1, 0.15) is 34.7 Å². The number of amides is 3. The van der Waals surface area contributed by atoms with Gasteiger partial charge < -0.3 is 16.0 Å². The molecule has 0 saturated heterocycles. The van der Waals surface area contributed by atoms with Crippen molar-refractivity contribution in [3.8, 4) is 0 Å². The van der Waals surface area contributed by atoms with Gasteiger partial charge in [0.05, 0.1) is 5.39 Å². The van der Waals surface area contributed by atoms with E-state index in [0.29, 0.717) is 29.7 Å². The highest BCUT2D eigenvalue weighted by Crippen LogP contribution is 2.14. The first kappa shape index (κ1) is 21.7. The van der Waals surface area contributed by atoms with Crippen LogP contribution < -0.4 is 16.6 Å². The molecule has 0 bridgehead atoms. The second-order valence-corrected chi connectivity index (χ2v) is 6.82. The van der Waals surface area contributed by atoms with E-state index in [-0.39, 0.29) is 17.0 Å². The third kappa shape index (κ3) is 4.61. The summed E-state index contributed by atoms with van der Waals surface area (Å²) in [4.78, 5) is 50.9. The minimum absolute atomic E-state index is 0.0812. The van der Waals surface area contributed by atoms with Crippen molar-refractivity contribution >= 4 is 34.2 Å². The first-order chi connectivity index (χ1) is 14.8. The van der Waals surface area contributed by atoms with Crippen LogP contribution in [0.5, 0.6) is 0 Å². The molecule has 0 atom stereocenters. The molecule has 0 fully saturated rings. The van der Waals surface area contributed by atoms with Gasteiger partial charge in [-0.05, 0) is 44.2 Å². The van der Waals surface area contributed by atoms with E-state index in [9.17, 15) is 19.2 Å². The summed E-state index contributed by atoms with van der Waals surface area (Å²) in [6.45, 7) is 4.62. The molecule has 31 heavy (non-hydrogen) atoms. The number of nitrogens with zero attached hydrogens (tertiary/aromatic N) is 3. The number of carbonyl (C=O) groups excluding carboxylic acids is 3. The van der Waals surface area contributed by atoms with Crippen molar-refractivity contribution in [2.24, 2.45) is 5.73 Å². The topological polar surface area (TPSA) is 127 Å². The molecule has 9 nitrogen and oxygen atoms in total. The standard InChI is InChI=1S/C22H23N5O4/c1-3-26(4-2)21(30)14-9-11-15(12-10-14)24-18(28)13-27-22(31)17-8-6-5-7-16(17)19(25-27)20(23)29/h5-12H,3-4,13H2,1-2H3,(H2,23,29)(H,24,28). The molecule has 0 unspecified atom stereocenters. The van der Waals surface area contributed by atoms with Gasteiger partial charge in [0.2, 0.25) is 5.91 Å². The van der Waals surface area contributed by atoms with E-state index in [0.717, 1.165) is 4.68 Å². The molecule has 0 spiro atoms. The van der Waals surface area contributed by atoms with Gasteiger partial charge in [-0.1, -0.05) is 18.2 Å². The fourth-order valence-corrected chi connectivity index (χ4v) is 3.25. The maximum absolute atomic E-state index is 12.7. The zero-order valence-corrected chi connectivity index (χ0v) is 17.3. The molecule has 3 amide bonds. The lowest BCUT2D eigenvalue weighted by Gasteiger charge is -2.18. The van der Waals surface area contributed by atoms with Crippen molar-refractivity contribution < 1.29 is 14.4 Å². The third-order valence-corrected chi connectivity index (χ3v) is 4.86. The number of primary amides is 1. The SMILES string of the molecule is CCN(CC)C(=O)c1ccc(NC(=O)Cn2nc(C(N)=O)c3ccccc3c2=O)cc1. The molecule has 2 aromatic carbocycles. The Bertz CT molecular complexity index is 1200. The minimum atomic E-state index is -0.793. The zero-order valence-electron chi connectivity index (χ0n) is 17.3. The molecule has 160 valence electrons. The summed E-state index contributed by atoms with van der Waals surface area (Å²) in [5, 5.41) is 7.22. The van der Waals surface area contributed by atoms with Gasteiger partial charge in [-0.2, -0.15) is 5.10 Å². The van der Waals surface area contributed by atoms with Crippen LogP contribution in [0.25, 0.3) is 10.8 Å². The Morgan fingerprint density at radius 1 is 1.00 bits per heavy atom. The Labute approximate surface area is 178 Å². The van der Waals surface area contributed by atoms with Crippen molar-refractivity contribution in [1.82, 2.24) is 14.7 Å². The first-order valence-electron chi connectivity index (χ1n) is 9.84. The lowest BCUT2D eigenvalue weighted by molar-refractivity contribution is -0.117. The van der Waals surface area contributed by atoms with Crippen LogP contribution in [0, 0.1) is 0 Å². The number of nitrogens with two attached hydrogens (primary N) is 1. The summed E-state index contributed by atoms with van der Waals surface area (Å²) in [6, 6.07) is 12.9. The first-order valence-corrected chi connectivity index (χ1v) is 9.84. The number of nitrogens with one attached hydrogen (secondary N) is 1. The fourth-order valence-electron chi connectivity index (χ4n) is 3.25. The molecule has 1 aromatic heterocycles. The molecule has 3 N–H and O–H groups in total. The van der Waals surface area contributed by atoms with Crippen molar-refractivity contribution in [1.29, 1.82) is 0 Å². The van der Waals surface area contributed by atoms with Gasteiger partial charge in [-0.25, -0.2) is 4.68 Å². The average Bonchev–Trinajstić information content (AvgIpc) is 2.76. The summed E-state index contributed by atoms with van der Waals surface area (Å²) >= 11 is 0. The Morgan fingerprint density at radius 3 is 2.19 bits per heavy atom. The van der Waals surface area contributed by atoms with Gasteiger partial charge in [0.25, 0.3) is 17.4 Å². The van der Waals surface area contributed by atoms with E-state index in [1.54, 1.807) is 53.4 Å². The molecule has 0 aliphatic rings. The molecule has 1 heterocycles. The van der Waals surface area contributed by atoms with Crippen LogP contribution in [0.4, 0.5) is 5.69 Å². The Balaban J connectivity index is 1.79. The van der Waals surface area contributed by atoms with E-state index in [4.69, 9.17) is 5.73 Å². The van der Waals surface area contributed by atoms with Gasteiger partial charge in [0.15, 0.2) is 5.69 Å². The van der Waals surface area contributed by atoms with Crippen molar-refractivity contribution in [2.75, 3.05) is 18.4 Å². The summed E-state index contributed by atoms with van der Waals surface area (Å²) in [7, 11) is 0. The van der Waals surface area contributed by atoms with Crippen molar-refractivity contribution in [3.63, 3.8) is 0 Å². The monoisotopic (exact) mass is 421 g/mol. The summed E-state index contributed by atoms with van der Waals surface area (Å²) in [5.41, 5.74) is 5.78. The largest absolute Gasteiger partial charge is 0.364 e. The summed E-state index contributed by atoms with van der Waals surface area (Å²) in [5.74, 6) is -1.39. The van der Waals surface area contributed by atoms with E-state index in [1.165, 1.54) is 0 Å². The Hall–Kier alpha value is -4.01. The smallest absolute Gasteiger partial charge is 0.275 e. The van der Waals surface area contributed by atoms with Crippen LogP contribution in [0.15, 0.2) is 53.3 Å². The lowest BCUT2D eigenvalue weighted by atomic mass is 10.1. The van der Waals surface area contributed by atoms with Crippen molar-refractivity contribution in [2.45, 2.75) is 20.4 Å². The molecule has 9 heteroatoms. The van der Waals surface area contributed by atoms with Crippen molar-refractivity contribution in [3.05, 3.63) is 70.1 Å². The predicted molar refractivity (Wildman–Crippen MR) is 117 cm³/mol. The molecular weight excluding hydrogens is 398 g/mol. The molecular formula is C22H23N5O4. The van der Waals surface area contributed by atoms with Crippen LogP contribution >= 0.6 is 0 Å². The average molecular weight is 421 g/mol. The highest BCUT2D eigenvalue weighted by atomic mass is 16.2. The molecule has 0 saturated carbocycles. The molecule has 0 radical (unpaired) electrons. The highest BCUT2D eigenvalue weighted by Gasteiger charge is 2.16. The molecule has 0 aliphatic carbocycles. The predicted octanol–water partition coefficient (Wildman–Crippen LogP) is 1.62. The molecule has 3 rings (SSSR count). The number of benzene rings is 2. The third-order valence-electron chi connectivity index (χ3n) is 4.86. The Kier molecular flexibility index (Phi) is 6.44. The maximum Gasteiger partial charge on any atom is 0.275 e. The molecule has 3 aromatic rings. The van der Waals surface area contributed by atoms with E-state index in [1.807, 2.05) is 13.8 Å². The minimum Gasteiger partial charge on any atom is -0.364 e. The number of aromatic nitrogens is 2. The number of hydrogen-bond donors (Lipinski definition) is 2. The van der Waals surface area contributed by atoms with Crippen LogP contribution in [-0.2, 0) is 11.3 Å². The van der Waals surface area contributed by atoms with Gasteiger partial charge in [-0.3, -0.25) is 19.2 Å².